The number of hydrogen-bond donors (Lipinski definition) is 1. The van der Waals surface area contributed by atoms with E-state index in [1.165, 1.54) is 38.6 Å². The van der Waals surface area contributed by atoms with Gasteiger partial charge in [0.25, 0.3) is 0 Å². The normalized spacial score (nSPS) is 19.1. The predicted molar refractivity (Wildman–Crippen MR) is 74.3 cm³/mol. The highest BCUT2D eigenvalue weighted by molar-refractivity contribution is 4.87. The lowest BCUT2D eigenvalue weighted by molar-refractivity contribution is 0.142. The Balaban J connectivity index is 2.16. The summed E-state index contributed by atoms with van der Waals surface area (Å²) >= 11 is 0. The topological polar surface area (TPSA) is 21.3 Å². The van der Waals surface area contributed by atoms with Crippen LogP contribution in [0, 0.1) is 11.3 Å². The summed E-state index contributed by atoms with van der Waals surface area (Å²) in [5, 5.41) is 3.65. The second-order valence-electron chi connectivity index (χ2n) is 6.03. The van der Waals surface area contributed by atoms with E-state index in [1.54, 1.807) is 0 Å². The van der Waals surface area contributed by atoms with Crippen LogP contribution < -0.4 is 5.32 Å². The molecule has 1 saturated carbocycles. The molecule has 0 bridgehead atoms. The quantitative estimate of drug-likeness (QED) is 0.623. The van der Waals surface area contributed by atoms with Gasteiger partial charge in [0.1, 0.15) is 0 Å². The summed E-state index contributed by atoms with van der Waals surface area (Å²) in [5.74, 6) is 0.832. The van der Waals surface area contributed by atoms with Crippen LogP contribution in [-0.2, 0) is 4.74 Å². The van der Waals surface area contributed by atoms with Crippen LogP contribution in [0.1, 0.15) is 59.3 Å². The van der Waals surface area contributed by atoms with Gasteiger partial charge in [-0.15, -0.1) is 0 Å². The van der Waals surface area contributed by atoms with Gasteiger partial charge in [-0.3, -0.25) is 0 Å². The summed E-state index contributed by atoms with van der Waals surface area (Å²) in [6, 6.07) is 0. The minimum Gasteiger partial charge on any atom is -0.382 e. The Hall–Kier alpha value is -0.0800. The van der Waals surface area contributed by atoms with Gasteiger partial charge in [-0.25, -0.2) is 0 Å². The zero-order valence-electron chi connectivity index (χ0n) is 12.1. The molecule has 2 nitrogen and oxygen atoms in total. The van der Waals surface area contributed by atoms with Crippen molar-refractivity contribution < 1.29 is 4.74 Å². The lowest BCUT2D eigenvalue weighted by Crippen LogP contribution is -2.34. The predicted octanol–water partition coefficient (Wildman–Crippen LogP) is 3.61. The molecule has 0 amide bonds. The highest BCUT2D eigenvalue weighted by Gasteiger charge is 2.33. The van der Waals surface area contributed by atoms with Gasteiger partial charge in [-0.2, -0.15) is 0 Å². The Bertz CT molecular complexity index is 185. The van der Waals surface area contributed by atoms with E-state index in [1.807, 2.05) is 0 Å². The Morgan fingerprint density at radius 2 is 1.94 bits per heavy atom. The van der Waals surface area contributed by atoms with E-state index >= 15 is 0 Å². The molecular formula is C15H31NO. The maximum Gasteiger partial charge on any atom is 0.0477 e. The van der Waals surface area contributed by atoms with Crippen molar-refractivity contribution in [1.82, 2.24) is 5.32 Å². The zero-order chi connectivity index (χ0) is 12.6. The molecule has 1 rings (SSSR count). The number of nitrogens with one attached hydrogen (secondary N) is 1. The first-order valence-electron chi connectivity index (χ1n) is 7.47. The molecule has 0 radical (unpaired) electrons. The van der Waals surface area contributed by atoms with E-state index in [0.717, 1.165) is 32.1 Å². The molecule has 1 N–H and O–H groups in total. The van der Waals surface area contributed by atoms with Crippen molar-refractivity contribution in [3.8, 4) is 0 Å². The Labute approximate surface area is 108 Å². The second kappa shape index (κ2) is 8.10. The smallest absolute Gasteiger partial charge is 0.0477 e. The van der Waals surface area contributed by atoms with E-state index in [9.17, 15) is 0 Å². The molecule has 0 spiro atoms. The van der Waals surface area contributed by atoms with E-state index in [-0.39, 0.29) is 0 Å². The number of rotatable bonds is 9. The van der Waals surface area contributed by atoms with E-state index in [2.05, 4.69) is 26.1 Å². The summed E-state index contributed by atoms with van der Waals surface area (Å²) in [6.45, 7) is 10.9. The average Bonchev–Trinajstić information content (AvgIpc) is 2.71. The van der Waals surface area contributed by atoms with Crippen LogP contribution in [0.3, 0.4) is 0 Å². The lowest BCUT2D eigenvalue weighted by Gasteiger charge is -2.31. The molecule has 0 aromatic rings. The summed E-state index contributed by atoms with van der Waals surface area (Å²) < 4.78 is 5.36. The van der Waals surface area contributed by atoms with Gasteiger partial charge in [-0.1, -0.05) is 26.7 Å². The van der Waals surface area contributed by atoms with Crippen LogP contribution >= 0.6 is 0 Å². The third-order valence-electron chi connectivity index (χ3n) is 3.85. The first kappa shape index (κ1) is 15.0. The molecule has 0 unspecified atom stereocenters. The van der Waals surface area contributed by atoms with E-state index < -0.39 is 0 Å². The standard InChI is InChI=1S/C15H31NO/c1-4-17-11-7-10-16-13-15(12-14(2)3)8-5-6-9-15/h14,16H,4-13H2,1-3H3. The molecule has 102 valence electrons. The van der Waals surface area contributed by atoms with Crippen molar-refractivity contribution in [2.24, 2.45) is 11.3 Å². The van der Waals surface area contributed by atoms with Crippen LogP contribution in [-0.4, -0.2) is 26.3 Å². The summed E-state index contributed by atoms with van der Waals surface area (Å²) in [6.07, 6.45) is 8.28. The average molecular weight is 241 g/mol. The largest absolute Gasteiger partial charge is 0.382 e. The monoisotopic (exact) mass is 241 g/mol. The molecule has 1 aliphatic rings. The van der Waals surface area contributed by atoms with Crippen molar-refractivity contribution >= 4 is 0 Å². The molecule has 17 heavy (non-hydrogen) atoms. The first-order valence-corrected chi connectivity index (χ1v) is 7.47. The van der Waals surface area contributed by atoms with E-state index in [4.69, 9.17) is 4.74 Å². The van der Waals surface area contributed by atoms with Crippen molar-refractivity contribution in [3.05, 3.63) is 0 Å². The summed E-state index contributed by atoms with van der Waals surface area (Å²) in [5.41, 5.74) is 0.611. The lowest BCUT2D eigenvalue weighted by atomic mass is 9.78. The SMILES string of the molecule is CCOCCCNCC1(CC(C)C)CCCC1. The van der Waals surface area contributed by atoms with Crippen LogP contribution in [0.15, 0.2) is 0 Å². The van der Waals surface area contributed by atoms with Gasteiger partial charge in [0.2, 0.25) is 0 Å². The van der Waals surface area contributed by atoms with Gasteiger partial charge in [-0.05, 0) is 50.5 Å². The van der Waals surface area contributed by atoms with Gasteiger partial charge in [0.15, 0.2) is 0 Å². The third-order valence-corrected chi connectivity index (χ3v) is 3.85. The maximum atomic E-state index is 5.36. The zero-order valence-corrected chi connectivity index (χ0v) is 12.1. The van der Waals surface area contributed by atoms with Gasteiger partial charge in [0, 0.05) is 19.8 Å². The molecule has 0 atom stereocenters. The van der Waals surface area contributed by atoms with Crippen LogP contribution in [0.25, 0.3) is 0 Å². The number of hydrogen-bond acceptors (Lipinski definition) is 2. The molecule has 2 heteroatoms. The molecule has 0 aliphatic heterocycles. The van der Waals surface area contributed by atoms with Crippen molar-refractivity contribution in [1.29, 1.82) is 0 Å². The Morgan fingerprint density at radius 1 is 1.24 bits per heavy atom. The van der Waals surface area contributed by atoms with Gasteiger partial charge in [0.05, 0.1) is 0 Å². The van der Waals surface area contributed by atoms with Crippen molar-refractivity contribution in [2.75, 3.05) is 26.3 Å². The molecule has 1 aliphatic carbocycles. The van der Waals surface area contributed by atoms with Crippen LogP contribution in [0.2, 0.25) is 0 Å². The highest BCUT2D eigenvalue weighted by atomic mass is 16.5. The molecule has 0 aromatic heterocycles. The van der Waals surface area contributed by atoms with Crippen molar-refractivity contribution in [2.45, 2.75) is 59.3 Å². The fourth-order valence-corrected chi connectivity index (χ4v) is 3.24. The number of ether oxygens (including phenoxy) is 1. The van der Waals surface area contributed by atoms with Gasteiger partial charge >= 0.3 is 0 Å². The van der Waals surface area contributed by atoms with Gasteiger partial charge < -0.3 is 10.1 Å². The fourth-order valence-electron chi connectivity index (χ4n) is 3.24. The van der Waals surface area contributed by atoms with E-state index in [0.29, 0.717) is 5.41 Å². The fraction of sp³-hybridized carbons (Fsp3) is 1.00. The molecule has 0 saturated heterocycles. The summed E-state index contributed by atoms with van der Waals surface area (Å²) in [4.78, 5) is 0. The molecule has 1 fully saturated rings. The highest BCUT2D eigenvalue weighted by Crippen LogP contribution is 2.42. The second-order valence-corrected chi connectivity index (χ2v) is 6.03. The molecule has 0 heterocycles. The van der Waals surface area contributed by atoms with Crippen LogP contribution in [0.5, 0.6) is 0 Å². The Kier molecular flexibility index (Phi) is 7.14. The van der Waals surface area contributed by atoms with Crippen LogP contribution in [0.4, 0.5) is 0 Å². The third kappa shape index (κ3) is 5.87. The molecule has 0 aromatic carbocycles. The maximum absolute atomic E-state index is 5.36. The minimum absolute atomic E-state index is 0.611. The van der Waals surface area contributed by atoms with Crippen molar-refractivity contribution in [3.63, 3.8) is 0 Å². The first-order chi connectivity index (χ1) is 8.18. The summed E-state index contributed by atoms with van der Waals surface area (Å²) in [7, 11) is 0. The minimum atomic E-state index is 0.611. The Morgan fingerprint density at radius 3 is 2.53 bits per heavy atom. The molecular weight excluding hydrogens is 210 g/mol.